The number of Topliss-reactive ketones (excluding diaryl/α,β-unsaturated/α-hetero) is 1. The van der Waals surface area contributed by atoms with E-state index in [0.717, 1.165) is 63.2 Å². The zero-order valence-electron chi connectivity index (χ0n) is 45.3. The Hall–Kier alpha value is -7.90. The van der Waals surface area contributed by atoms with Gasteiger partial charge in [-0.2, -0.15) is 0 Å². The average molecular weight is 1250 g/mol. The number of carboxylic acid groups (broad SMARTS) is 1. The summed E-state index contributed by atoms with van der Waals surface area (Å²) in [5, 5.41) is 18.4. The summed E-state index contributed by atoms with van der Waals surface area (Å²) in [4.78, 5) is 79.3. The predicted octanol–water partition coefficient (Wildman–Crippen LogP) is 15.8. The van der Waals surface area contributed by atoms with E-state index in [4.69, 9.17) is 20.3 Å². The zero-order valence-corrected chi connectivity index (χ0v) is 50.1. The van der Waals surface area contributed by atoms with Crippen molar-refractivity contribution in [2.45, 2.75) is 85.3 Å². The minimum Gasteiger partial charge on any atom is -0.478 e. The number of nitrogens with two attached hydrogens (primary N) is 1. The van der Waals surface area contributed by atoms with Crippen LogP contribution in [0.1, 0.15) is 111 Å². The van der Waals surface area contributed by atoms with Gasteiger partial charge < -0.3 is 30.1 Å². The van der Waals surface area contributed by atoms with Gasteiger partial charge in [-0.15, -0.1) is 22.7 Å². The van der Waals surface area contributed by atoms with Crippen molar-refractivity contribution in [1.82, 2.24) is 9.80 Å². The lowest BCUT2D eigenvalue weighted by Crippen LogP contribution is -2.27. The van der Waals surface area contributed by atoms with Gasteiger partial charge in [0.25, 0.3) is 11.8 Å². The number of carbonyl (C=O) groups excluding carboxylic acids is 5. The van der Waals surface area contributed by atoms with Crippen LogP contribution in [0.2, 0.25) is 0 Å². The molecule has 10 rings (SSSR count). The van der Waals surface area contributed by atoms with E-state index in [-0.39, 0.29) is 29.6 Å². The Balaban J connectivity index is 0.000000176. The first-order valence-corrected chi connectivity index (χ1v) is 29.0. The molecule has 81 heavy (non-hydrogen) atoms. The number of hydrogen-bond acceptors (Lipinski definition) is 11. The van der Waals surface area contributed by atoms with Crippen molar-refractivity contribution >= 4 is 107 Å². The molecule has 416 valence electrons. The number of nitrogen functional groups attached to an aromatic ring is 1. The highest BCUT2D eigenvalue weighted by molar-refractivity contribution is 9.10. The SMILES string of the molecule is CC(C)(C)OC(=O)Nc1ccc(-c2cccs2)cc1CC(=O)c1ccc(CN2Cc3c(Br)cccc3C2=O)cc1.CC(C)(C)OC(=O)Nc1ccc(-c2cccs2)cc1N.O=C(O)c1ccc(CN2Cc3c(Br)cccc3C2=O)cc1. The van der Waals surface area contributed by atoms with Gasteiger partial charge in [0, 0.05) is 73.7 Å². The van der Waals surface area contributed by atoms with Crippen LogP contribution in [0, 0.1) is 0 Å². The van der Waals surface area contributed by atoms with Crippen molar-refractivity contribution in [2.24, 2.45) is 0 Å². The van der Waals surface area contributed by atoms with E-state index in [1.807, 2.05) is 135 Å². The third-order valence-electron chi connectivity index (χ3n) is 12.6. The van der Waals surface area contributed by atoms with Crippen LogP contribution in [0.4, 0.5) is 26.7 Å². The number of amides is 4. The average Bonchev–Trinajstić information content (AvgIpc) is 4.36. The molecular formula is C63H59Br2N5O9S2. The third-order valence-corrected chi connectivity index (χ3v) is 15.9. The van der Waals surface area contributed by atoms with E-state index in [2.05, 4.69) is 42.5 Å². The molecular weight excluding hydrogens is 1190 g/mol. The van der Waals surface area contributed by atoms with Crippen LogP contribution in [0.5, 0.6) is 0 Å². The number of carboxylic acids is 1. The molecule has 5 N–H and O–H groups in total. The lowest BCUT2D eigenvalue weighted by Gasteiger charge is -2.20. The maximum absolute atomic E-state index is 13.4. The summed E-state index contributed by atoms with van der Waals surface area (Å²) < 4.78 is 12.5. The molecule has 0 spiro atoms. The Morgan fingerprint density at radius 1 is 0.580 bits per heavy atom. The number of hydrogen-bond donors (Lipinski definition) is 4. The van der Waals surface area contributed by atoms with E-state index in [0.29, 0.717) is 54.4 Å². The number of carbonyl (C=O) groups is 6. The van der Waals surface area contributed by atoms with Gasteiger partial charge in [0.15, 0.2) is 5.78 Å². The van der Waals surface area contributed by atoms with Crippen LogP contribution in [0.15, 0.2) is 165 Å². The molecule has 0 saturated carbocycles. The summed E-state index contributed by atoms with van der Waals surface area (Å²) in [6.45, 7) is 12.9. The van der Waals surface area contributed by atoms with Crippen LogP contribution in [-0.4, -0.2) is 61.9 Å². The molecule has 2 aliphatic heterocycles. The maximum atomic E-state index is 13.4. The molecule has 18 heteroatoms. The van der Waals surface area contributed by atoms with Crippen LogP contribution < -0.4 is 16.4 Å². The lowest BCUT2D eigenvalue weighted by molar-refractivity contribution is 0.0624. The highest BCUT2D eigenvalue weighted by Crippen LogP contribution is 2.34. The van der Waals surface area contributed by atoms with Gasteiger partial charge in [0.1, 0.15) is 11.2 Å². The third kappa shape index (κ3) is 15.7. The molecule has 6 aromatic carbocycles. The molecule has 8 aromatic rings. The summed E-state index contributed by atoms with van der Waals surface area (Å²) in [7, 11) is 0. The van der Waals surface area contributed by atoms with Gasteiger partial charge in [-0.1, -0.05) is 105 Å². The minimum atomic E-state index is -0.949. The van der Waals surface area contributed by atoms with Crippen molar-refractivity contribution in [1.29, 1.82) is 0 Å². The topological polar surface area (TPSA) is 198 Å². The van der Waals surface area contributed by atoms with Gasteiger partial charge in [-0.3, -0.25) is 25.0 Å². The smallest absolute Gasteiger partial charge is 0.412 e. The normalized spacial score (nSPS) is 12.5. The molecule has 0 fully saturated rings. The van der Waals surface area contributed by atoms with Gasteiger partial charge in [-0.25, -0.2) is 14.4 Å². The van der Waals surface area contributed by atoms with Crippen molar-refractivity contribution in [3.05, 3.63) is 215 Å². The Morgan fingerprint density at radius 2 is 1.02 bits per heavy atom. The quantitative estimate of drug-likeness (QED) is 0.0674. The van der Waals surface area contributed by atoms with E-state index in [9.17, 15) is 28.8 Å². The Morgan fingerprint density at radius 3 is 1.44 bits per heavy atom. The molecule has 4 heterocycles. The van der Waals surface area contributed by atoms with E-state index in [1.54, 1.807) is 95.7 Å². The Bertz CT molecular complexity index is 3610. The summed E-state index contributed by atoms with van der Waals surface area (Å²) in [5.41, 5.74) is 15.3. The second-order valence-electron chi connectivity index (χ2n) is 21.0. The lowest BCUT2D eigenvalue weighted by atomic mass is 9.98. The number of nitrogens with zero attached hydrogens (tertiary/aromatic N) is 2. The molecule has 2 aromatic heterocycles. The number of halogens is 2. The molecule has 0 aliphatic carbocycles. The highest BCUT2D eigenvalue weighted by Gasteiger charge is 2.30. The molecule has 2 aliphatic rings. The second-order valence-corrected chi connectivity index (χ2v) is 24.6. The fourth-order valence-corrected chi connectivity index (χ4v) is 11.2. The van der Waals surface area contributed by atoms with Crippen LogP contribution in [0.25, 0.3) is 20.9 Å². The number of ketones is 1. The number of benzene rings is 6. The molecule has 0 bridgehead atoms. The number of thiophene rings is 2. The van der Waals surface area contributed by atoms with Crippen LogP contribution in [0.3, 0.4) is 0 Å². The minimum absolute atomic E-state index is 0.00657. The van der Waals surface area contributed by atoms with E-state index < -0.39 is 29.4 Å². The summed E-state index contributed by atoms with van der Waals surface area (Å²) in [5.74, 6) is -1.01. The molecule has 4 amide bonds. The maximum Gasteiger partial charge on any atom is 0.412 e. The fourth-order valence-electron chi connectivity index (χ4n) is 8.78. The van der Waals surface area contributed by atoms with Crippen molar-refractivity contribution in [3.63, 3.8) is 0 Å². The van der Waals surface area contributed by atoms with Gasteiger partial charge in [-0.05, 0) is 164 Å². The molecule has 14 nitrogen and oxygen atoms in total. The first-order valence-electron chi connectivity index (χ1n) is 25.7. The van der Waals surface area contributed by atoms with Gasteiger partial charge in [0.05, 0.1) is 16.9 Å². The number of fused-ring (bicyclic) bond motifs is 2. The van der Waals surface area contributed by atoms with Crippen LogP contribution in [-0.2, 0) is 42.1 Å². The zero-order chi connectivity index (χ0) is 58.2. The van der Waals surface area contributed by atoms with Crippen molar-refractivity contribution in [3.8, 4) is 20.9 Å². The number of rotatable bonds is 12. The van der Waals surface area contributed by atoms with E-state index in [1.165, 1.54) is 0 Å². The Labute approximate surface area is 495 Å². The number of nitrogens with one attached hydrogen (secondary N) is 2. The highest BCUT2D eigenvalue weighted by atomic mass is 79.9. The molecule has 0 radical (unpaired) electrons. The first-order chi connectivity index (χ1) is 38.5. The summed E-state index contributed by atoms with van der Waals surface area (Å²) in [6.07, 6.45) is -0.967. The Kier molecular flexibility index (Phi) is 18.8. The monoisotopic (exact) mass is 1250 g/mol. The number of ether oxygens (including phenoxy) is 2. The summed E-state index contributed by atoms with van der Waals surface area (Å²) in [6, 6.07) is 44.5. The van der Waals surface area contributed by atoms with Crippen LogP contribution >= 0.6 is 54.5 Å². The number of aromatic carboxylic acids is 1. The summed E-state index contributed by atoms with van der Waals surface area (Å²) >= 11 is 10.3. The fraction of sp³-hybridized carbons (Fsp3) is 0.206. The standard InChI is InChI=1S/C32H29BrN2O4S.C16H12BrNO3.C15H18N2O2S/c1-32(2,3)39-31(38)34-27-14-13-22(29-8-5-15-40-29)16-23(27)17-28(36)21-11-9-20(10-12-21)18-35-19-25-24(30(35)37)6-4-7-26(25)33;17-14-3-1-2-12-13(14)9-18(15(12)19)8-10-4-6-11(7-5-10)16(20)21;1-15(2,3)19-14(18)17-12-7-6-10(9-11(12)16)13-5-4-8-20-13/h4-16H,17-19H2,1-3H3,(H,34,38);1-7H,8-9H2,(H,20,21);4-9H,16H2,1-3H3,(H,17,18). The first kappa shape index (κ1) is 59.2. The largest absolute Gasteiger partial charge is 0.478 e. The number of anilines is 3. The molecule has 0 atom stereocenters. The second kappa shape index (κ2) is 25.7. The molecule has 0 saturated heterocycles. The molecule has 0 unspecified atom stereocenters. The predicted molar refractivity (Wildman–Crippen MR) is 327 cm³/mol. The van der Waals surface area contributed by atoms with Gasteiger partial charge in [0.2, 0.25) is 0 Å². The van der Waals surface area contributed by atoms with Gasteiger partial charge >= 0.3 is 18.2 Å². The van der Waals surface area contributed by atoms with Crippen molar-refractivity contribution < 1.29 is 43.3 Å². The van der Waals surface area contributed by atoms with E-state index >= 15 is 0 Å². The van der Waals surface area contributed by atoms with Crippen molar-refractivity contribution in [2.75, 3.05) is 16.4 Å².